The normalized spacial score (nSPS) is 8.50. The van der Waals surface area contributed by atoms with E-state index in [0.717, 1.165) is 12.1 Å². The maximum Gasteiger partial charge on any atom is 0.151 e. The van der Waals surface area contributed by atoms with Crippen LogP contribution in [0.3, 0.4) is 0 Å². The number of aromatic hydroxyl groups is 2. The summed E-state index contributed by atoms with van der Waals surface area (Å²) in [6, 6.07) is 5.49. The number of nitriles is 2. The highest BCUT2D eigenvalue weighted by Gasteiger charge is 2.08. The Balaban J connectivity index is 3.48. The van der Waals surface area contributed by atoms with Crippen LogP contribution < -0.4 is 0 Å². The molecule has 0 fully saturated rings. The summed E-state index contributed by atoms with van der Waals surface area (Å²) < 4.78 is 0. The third-order valence-corrected chi connectivity index (χ3v) is 1.34. The summed E-state index contributed by atoms with van der Waals surface area (Å²) in [5.41, 5.74) is -0.210. The van der Waals surface area contributed by atoms with Crippen LogP contribution in [0.2, 0.25) is 0 Å². The van der Waals surface area contributed by atoms with Crippen LogP contribution in [0.4, 0.5) is 0 Å². The van der Waals surface area contributed by atoms with Crippen molar-refractivity contribution in [3.8, 4) is 23.6 Å². The van der Waals surface area contributed by atoms with E-state index in [1.54, 1.807) is 12.1 Å². The Morgan fingerprint density at radius 3 is 1.75 bits per heavy atom. The molecule has 0 unspecified atom stereocenters. The standard InChI is InChI=1S/C8H4N2O2/c9-3-5-1-7(11)2-6(4-10)8(5)12/h1-2,11-12H. The van der Waals surface area contributed by atoms with Gasteiger partial charge >= 0.3 is 0 Å². The molecule has 4 nitrogen and oxygen atoms in total. The number of phenolic OH excluding ortho intramolecular Hbond substituents is 2. The van der Waals surface area contributed by atoms with Crippen molar-refractivity contribution in [1.29, 1.82) is 10.5 Å². The topological polar surface area (TPSA) is 88.0 Å². The first-order valence-corrected chi connectivity index (χ1v) is 3.05. The van der Waals surface area contributed by atoms with E-state index in [9.17, 15) is 0 Å². The van der Waals surface area contributed by atoms with E-state index >= 15 is 0 Å². The highest BCUT2D eigenvalue weighted by molar-refractivity contribution is 5.56. The highest BCUT2D eigenvalue weighted by atomic mass is 16.3. The van der Waals surface area contributed by atoms with E-state index in [-0.39, 0.29) is 16.9 Å². The van der Waals surface area contributed by atoms with Gasteiger partial charge in [-0.1, -0.05) is 0 Å². The summed E-state index contributed by atoms with van der Waals surface area (Å²) in [5, 5.41) is 35.0. The van der Waals surface area contributed by atoms with Crippen LogP contribution in [0.5, 0.6) is 11.5 Å². The lowest BCUT2D eigenvalue weighted by Gasteiger charge is -1.98. The number of rotatable bonds is 0. The van der Waals surface area contributed by atoms with Crippen molar-refractivity contribution < 1.29 is 10.2 Å². The largest absolute Gasteiger partial charge is 0.508 e. The van der Waals surface area contributed by atoms with Crippen molar-refractivity contribution in [2.75, 3.05) is 0 Å². The summed E-state index contributed by atoms with van der Waals surface area (Å²) in [6.45, 7) is 0. The maximum atomic E-state index is 9.16. The van der Waals surface area contributed by atoms with E-state index in [1.165, 1.54) is 0 Å². The van der Waals surface area contributed by atoms with Crippen molar-refractivity contribution in [3.63, 3.8) is 0 Å². The molecule has 1 rings (SSSR count). The molecular weight excluding hydrogens is 156 g/mol. The first kappa shape index (κ1) is 7.90. The summed E-state index contributed by atoms with van der Waals surface area (Å²) >= 11 is 0. The monoisotopic (exact) mass is 160 g/mol. The van der Waals surface area contributed by atoms with E-state index in [1.807, 2.05) is 0 Å². The molecule has 0 spiro atoms. The molecular formula is C8H4N2O2. The van der Waals surface area contributed by atoms with E-state index in [2.05, 4.69) is 0 Å². The van der Waals surface area contributed by atoms with Gasteiger partial charge in [0.05, 0.1) is 11.1 Å². The van der Waals surface area contributed by atoms with Crippen LogP contribution in [0.1, 0.15) is 11.1 Å². The third-order valence-electron chi connectivity index (χ3n) is 1.34. The van der Waals surface area contributed by atoms with Crippen molar-refractivity contribution >= 4 is 0 Å². The fraction of sp³-hybridized carbons (Fsp3) is 0. The molecule has 2 N–H and O–H groups in total. The average molecular weight is 160 g/mol. The Morgan fingerprint density at radius 2 is 1.42 bits per heavy atom. The third kappa shape index (κ3) is 1.14. The SMILES string of the molecule is N#Cc1cc(O)cc(C#N)c1O. The van der Waals surface area contributed by atoms with Crippen LogP contribution in [0, 0.1) is 22.7 Å². The van der Waals surface area contributed by atoms with Crippen LogP contribution in [0.25, 0.3) is 0 Å². The fourth-order valence-electron chi connectivity index (χ4n) is 0.790. The Kier molecular flexibility index (Phi) is 1.85. The van der Waals surface area contributed by atoms with Gasteiger partial charge in [-0.15, -0.1) is 0 Å². The molecule has 0 saturated carbocycles. The molecule has 0 aromatic heterocycles. The molecule has 0 aliphatic rings. The molecule has 0 saturated heterocycles. The van der Waals surface area contributed by atoms with Gasteiger partial charge in [0.15, 0.2) is 5.75 Å². The molecule has 4 heteroatoms. The molecule has 0 amide bonds. The average Bonchev–Trinajstić information content (AvgIpc) is 2.08. The molecule has 0 heterocycles. The van der Waals surface area contributed by atoms with Crippen molar-refractivity contribution in [2.45, 2.75) is 0 Å². The predicted octanol–water partition coefficient (Wildman–Crippen LogP) is 0.841. The van der Waals surface area contributed by atoms with Gasteiger partial charge in [-0.25, -0.2) is 0 Å². The molecule has 1 aromatic rings. The fourth-order valence-corrected chi connectivity index (χ4v) is 0.790. The first-order valence-electron chi connectivity index (χ1n) is 3.05. The quantitative estimate of drug-likeness (QED) is 0.550. The second-order valence-electron chi connectivity index (χ2n) is 2.11. The minimum atomic E-state index is -0.391. The summed E-state index contributed by atoms with van der Waals surface area (Å²) in [5.74, 6) is -0.598. The molecule has 0 radical (unpaired) electrons. The number of phenols is 2. The van der Waals surface area contributed by atoms with Crippen LogP contribution in [0.15, 0.2) is 12.1 Å². The Morgan fingerprint density at radius 1 is 1.00 bits per heavy atom. The van der Waals surface area contributed by atoms with Gasteiger partial charge in [-0.2, -0.15) is 10.5 Å². The zero-order valence-corrected chi connectivity index (χ0v) is 5.94. The number of hydrogen-bond acceptors (Lipinski definition) is 4. The van der Waals surface area contributed by atoms with Crippen LogP contribution in [-0.4, -0.2) is 10.2 Å². The van der Waals surface area contributed by atoms with Crippen molar-refractivity contribution in [2.24, 2.45) is 0 Å². The van der Waals surface area contributed by atoms with Gasteiger partial charge in [0.2, 0.25) is 0 Å². The summed E-state index contributed by atoms with van der Waals surface area (Å²) in [6.07, 6.45) is 0. The minimum Gasteiger partial charge on any atom is -0.508 e. The van der Waals surface area contributed by atoms with Crippen molar-refractivity contribution in [3.05, 3.63) is 23.3 Å². The molecule has 0 aliphatic carbocycles. The van der Waals surface area contributed by atoms with Gasteiger partial charge in [0.1, 0.15) is 17.9 Å². The lowest BCUT2D eigenvalue weighted by Crippen LogP contribution is -1.81. The van der Waals surface area contributed by atoms with Gasteiger partial charge in [-0.05, 0) is 0 Å². The van der Waals surface area contributed by atoms with Gasteiger partial charge in [-0.3, -0.25) is 0 Å². The van der Waals surface area contributed by atoms with Crippen LogP contribution in [-0.2, 0) is 0 Å². The Labute approximate surface area is 68.5 Å². The number of nitrogens with zero attached hydrogens (tertiary/aromatic N) is 2. The highest BCUT2D eigenvalue weighted by Crippen LogP contribution is 2.26. The molecule has 0 aliphatic heterocycles. The first-order chi connectivity index (χ1) is 5.69. The van der Waals surface area contributed by atoms with E-state index in [0.29, 0.717) is 0 Å². The second kappa shape index (κ2) is 2.81. The number of benzene rings is 1. The Bertz CT molecular complexity index is 363. The van der Waals surface area contributed by atoms with Gasteiger partial charge < -0.3 is 10.2 Å². The maximum absolute atomic E-state index is 9.16. The zero-order chi connectivity index (χ0) is 9.14. The van der Waals surface area contributed by atoms with Gasteiger partial charge in [0.25, 0.3) is 0 Å². The lowest BCUT2D eigenvalue weighted by atomic mass is 10.1. The minimum absolute atomic E-state index is 0.105. The number of hydrogen-bond donors (Lipinski definition) is 2. The summed E-state index contributed by atoms with van der Waals surface area (Å²) in [4.78, 5) is 0. The Hall–Kier alpha value is -2.20. The second-order valence-corrected chi connectivity index (χ2v) is 2.11. The smallest absolute Gasteiger partial charge is 0.151 e. The van der Waals surface area contributed by atoms with Crippen LogP contribution >= 0.6 is 0 Å². The molecule has 0 bridgehead atoms. The zero-order valence-electron chi connectivity index (χ0n) is 5.94. The van der Waals surface area contributed by atoms with Crippen molar-refractivity contribution in [1.82, 2.24) is 0 Å². The predicted molar refractivity (Wildman–Crippen MR) is 39.2 cm³/mol. The van der Waals surface area contributed by atoms with Gasteiger partial charge in [0, 0.05) is 12.1 Å². The lowest BCUT2D eigenvalue weighted by molar-refractivity contribution is 0.457. The molecule has 12 heavy (non-hydrogen) atoms. The molecule has 58 valence electrons. The molecule has 0 atom stereocenters. The van der Waals surface area contributed by atoms with E-state index in [4.69, 9.17) is 20.7 Å². The molecule has 1 aromatic carbocycles. The summed E-state index contributed by atoms with van der Waals surface area (Å²) in [7, 11) is 0. The van der Waals surface area contributed by atoms with E-state index < -0.39 is 5.75 Å².